The van der Waals surface area contributed by atoms with Crippen LogP contribution in [-0.2, 0) is 27.9 Å². The maximum atomic E-state index is 13.6. The summed E-state index contributed by atoms with van der Waals surface area (Å²) in [6.45, 7) is 6.85. The van der Waals surface area contributed by atoms with E-state index in [1.54, 1.807) is 0 Å². The fraction of sp³-hybridized carbons (Fsp3) is 0.857. The molecule has 80 heavy (non-hydrogen) atoms. The van der Waals surface area contributed by atoms with Crippen molar-refractivity contribution in [2.24, 2.45) is 0 Å². The van der Waals surface area contributed by atoms with E-state index < -0.39 is 20.0 Å². The number of allylic oxidation sites excluding steroid dienone is 7. The number of quaternary nitrogens is 1. The van der Waals surface area contributed by atoms with Crippen LogP contribution in [0.3, 0.4) is 0 Å². The maximum Gasteiger partial charge on any atom is 0.306 e. The summed E-state index contributed by atoms with van der Waals surface area (Å²) in [5, 5.41) is 3.04. The van der Waals surface area contributed by atoms with Crippen LogP contribution in [0.4, 0.5) is 0 Å². The van der Waals surface area contributed by atoms with Crippen LogP contribution >= 0.6 is 7.82 Å². The number of ether oxygens (including phenoxy) is 1. The van der Waals surface area contributed by atoms with Crippen LogP contribution in [0, 0.1) is 0 Å². The number of esters is 1. The highest BCUT2D eigenvalue weighted by Gasteiger charge is 2.27. The lowest BCUT2D eigenvalue weighted by Crippen LogP contribution is -2.47. The number of likely N-dealkylation sites (N-methyl/N-ethyl adjacent to an activating group) is 1. The van der Waals surface area contributed by atoms with Gasteiger partial charge in [-0.15, -0.1) is 0 Å². The lowest BCUT2D eigenvalue weighted by atomic mass is 10.0. The van der Waals surface area contributed by atoms with Gasteiger partial charge in [-0.1, -0.05) is 282 Å². The Hall–Kier alpha value is -2.03. The van der Waals surface area contributed by atoms with Crippen molar-refractivity contribution < 1.29 is 37.3 Å². The van der Waals surface area contributed by atoms with Crippen LogP contribution in [-0.4, -0.2) is 69.4 Å². The number of phosphoric ester groups is 1. The van der Waals surface area contributed by atoms with Crippen molar-refractivity contribution in [3.8, 4) is 0 Å². The second-order valence-corrected chi connectivity index (χ2v) is 26.1. The van der Waals surface area contributed by atoms with Gasteiger partial charge < -0.3 is 28.5 Å². The fourth-order valence-electron chi connectivity index (χ4n) is 10.1. The van der Waals surface area contributed by atoms with Gasteiger partial charge in [0.2, 0.25) is 5.91 Å². The van der Waals surface area contributed by atoms with E-state index in [-0.39, 0.29) is 31.5 Å². The van der Waals surface area contributed by atoms with Gasteiger partial charge in [-0.05, 0) is 89.5 Å². The zero-order chi connectivity index (χ0) is 58.6. The van der Waals surface area contributed by atoms with Gasteiger partial charge in [0.25, 0.3) is 7.82 Å². The number of unbranched alkanes of at least 4 members (excludes halogenated alkanes) is 41. The molecule has 0 radical (unpaired) electrons. The first-order valence-corrected chi connectivity index (χ1v) is 35.9. The smallest absolute Gasteiger partial charge is 0.306 e. The number of hydrogen-bond donors (Lipinski definition) is 1. The van der Waals surface area contributed by atoms with Crippen LogP contribution < -0.4 is 10.2 Å². The van der Waals surface area contributed by atoms with E-state index in [1.165, 1.54) is 225 Å². The monoisotopic (exact) mass is 1140 g/mol. The summed E-state index contributed by atoms with van der Waals surface area (Å²) >= 11 is 0. The standard InChI is InChI=1S/C70H133N2O7P/c1-7-10-13-16-19-22-25-28-30-32-33-34-35-36-37-38-39-41-43-45-48-51-54-57-60-63-70(74)79-68(61-58-55-52-49-46-27-24-21-18-15-12-9-3)67(66-78-80(75,76)77-65-64-72(4,5)6)71-69(73)62-59-56-53-50-47-44-42-40-31-29-26-23-20-17-14-11-8-2/h19,22,28-31,58,61,67-68H,7-18,20-21,23-27,32-57,59-60,62-66H2,1-6H3,(H-,71,73,75,76)/b22-19-,30-28-,31-29+,61-58-. The average Bonchev–Trinajstić information content (AvgIpc) is 3.42. The molecule has 0 aromatic carbocycles. The molecule has 3 unspecified atom stereocenters. The van der Waals surface area contributed by atoms with Gasteiger partial charge in [-0.25, -0.2) is 0 Å². The van der Waals surface area contributed by atoms with Gasteiger partial charge >= 0.3 is 5.97 Å². The first-order chi connectivity index (χ1) is 38.9. The molecule has 1 amide bonds. The minimum atomic E-state index is -4.70. The van der Waals surface area contributed by atoms with Crippen molar-refractivity contribution in [1.82, 2.24) is 5.32 Å². The third-order valence-electron chi connectivity index (χ3n) is 15.5. The summed E-state index contributed by atoms with van der Waals surface area (Å²) in [7, 11) is 1.19. The molecule has 0 aliphatic rings. The van der Waals surface area contributed by atoms with E-state index in [0.717, 1.165) is 77.0 Å². The van der Waals surface area contributed by atoms with Crippen LogP contribution in [0.1, 0.15) is 335 Å². The van der Waals surface area contributed by atoms with Crippen molar-refractivity contribution in [1.29, 1.82) is 0 Å². The lowest BCUT2D eigenvalue weighted by Gasteiger charge is -2.30. The Morgan fingerprint density at radius 2 is 0.762 bits per heavy atom. The molecular formula is C70H133N2O7P. The quantitative estimate of drug-likeness (QED) is 0.0212. The third-order valence-corrected chi connectivity index (χ3v) is 16.4. The number of rotatable bonds is 63. The Kier molecular flexibility index (Phi) is 58.6. The Bertz CT molecular complexity index is 1510. The molecule has 0 saturated heterocycles. The molecule has 0 rings (SSSR count). The van der Waals surface area contributed by atoms with Gasteiger partial charge in [-0.3, -0.25) is 14.2 Å². The zero-order valence-electron chi connectivity index (χ0n) is 53.8. The Balaban J connectivity index is 5.06. The lowest BCUT2D eigenvalue weighted by molar-refractivity contribution is -0.870. The van der Waals surface area contributed by atoms with Gasteiger partial charge in [0.05, 0.1) is 33.8 Å². The summed E-state index contributed by atoms with van der Waals surface area (Å²) in [6.07, 6.45) is 75.1. The molecule has 0 bridgehead atoms. The van der Waals surface area contributed by atoms with E-state index in [4.69, 9.17) is 13.8 Å². The fourth-order valence-corrected chi connectivity index (χ4v) is 10.9. The molecule has 0 spiro atoms. The van der Waals surface area contributed by atoms with Crippen molar-refractivity contribution in [3.63, 3.8) is 0 Å². The van der Waals surface area contributed by atoms with Gasteiger partial charge in [0, 0.05) is 12.8 Å². The highest BCUT2D eigenvalue weighted by atomic mass is 31.2. The SMILES string of the molecule is CCCCC/C=C\C/C=C\CCCCCCCCCCCCCCCCCC(=O)OC(/C=C\CCCCCCCCCCCC)C(COP(=O)([O-])OCC[N+](C)(C)C)NC(=O)CCCCCCCCC/C=C/CCCCCCCC. The number of carbonyl (C=O) groups excluding carboxylic acids is 2. The predicted molar refractivity (Wildman–Crippen MR) is 344 cm³/mol. The van der Waals surface area contributed by atoms with E-state index in [9.17, 15) is 19.0 Å². The van der Waals surface area contributed by atoms with Crippen LogP contribution in [0.2, 0.25) is 0 Å². The number of hydrogen-bond acceptors (Lipinski definition) is 7. The summed E-state index contributed by atoms with van der Waals surface area (Å²) in [5.74, 6) is -0.533. The molecule has 0 aliphatic carbocycles. The topological polar surface area (TPSA) is 114 Å². The summed E-state index contributed by atoms with van der Waals surface area (Å²) < 4.78 is 30.4. The summed E-state index contributed by atoms with van der Waals surface area (Å²) in [4.78, 5) is 40.1. The number of nitrogens with one attached hydrogen (secondary N) is 1. The summed E-state index contributed by atoms with van der Waals surface area (Å²) in [6, 6.07) is -0.889. The molecule has 470 valence electrons. The van der Waals surface area contributed by atoms with Crippen LogP contribution in [0.5, 0.6) is 0 Å². The Morgan fingerprint density at radius 1 is 0.438 bits per heavy atom. The highest BCUT2D eigenvalue weighted by Crippen LogP contribution is 2.38. The van der Waals surface area contributed by atoms with E-state index >= 15 is 0 Å². The normalized spacial score (nSPS) is 13.8. The second-order valence-electron chi connectivity index (χ2n) is 24.7. The minimum Gasteiger partial charge on any atom is -0.756 e. The first-order valence-electron chi connectivity index (χ1n) is 34.4. The first kappa shape index (κ1) is 78.0. The molecule has 0 fully saturated rings. The van der Waals surface area contributed by atoms with Gasteiger partial charge in [0.15, 0.2) is 0 Å². The molecule has 9 nitrogen and oxygen atoms in total. The van der Waals surface area contributed by atoms with Crippen LogP contribution in [0.15, 0.2) is 48.6 Å². The molecular weight excluding hydrogens is 1010 g/mol. The van der Waals surface area contributed by atoms with E-state index in [0.29, 0.717) is 17.4 Å². The molecule has 0 heterocycles. The second kappa shape index (κ2) is 60.1. The van der Waals surface area contributed by atoms with Gasteiger partial charge in [0.1, 0.15) is 19.3 Å². The molecule has 0 aromatic heterocycles. The van der Waals surface area contributed by atoms with Gasteiger partial charge in [-0.2, -0.15) is 0 Å². The third kappa shape index (κ3) is 60.6. The number of amides is 1. The Morgan fingerprint density at radius 3 is 1.16 bits per heavy atom. The molecule has 0 saturated carbocycles. The number of nitrogens with zero attached hydrogens (tertiary/aromatic N) is 1. The Labute approximate surface area is 497 Å². The minimum absolute atomic E-state index is 0.0218. The van der Waals surface area contributed by atoms with E-state index in [2.05, 4.69) is 62.5 Å². The highest BCUT2D eigenvalue weighted by molar-refractivity contribution is 7.45. The van der Waals surface area contributed by atoms with Crippen molar-refractivity contribution in [2.75, 3.05) is 40.9 Å². The predicted octanol–water partition coefficient (Wildman–Crippen LogP) is 21.0. The molecule has 1 N–H and O–H groups in total. The maximum absolute atomic E-state index is 13.6. The molecule has 3 atom stereocenters. The van der Waals surface area contributed by atoms with E-state index in [1.807, 2.05) is 33.3 Å². The molecule has 0 aliphatic heterocycles. The van der Waals surface area contributed by atoms with Crippen LogP contribution in [0.25, 0.3) is 0 Å². The van der Waals surface area contributed by atoms with Crippen molar-refractivity contribution in [3.05, 3.63) is 48.6 Å². The summed E-state index contributed by atoms with van der Waals surface area (Å²) in [5.41, 5.74) is 0. The largest absolute Gasteiger partial charge is 0.756 e. The van der Waals surface area contributed by atoms with Crippen molar-refractivity contribution >= 4 is 19.7 Å². The average molecular weight is 1150 g/mol. The van der Waals surface area contributed by atoms with Crippen molar-refractivity contribution in [2.45, 2.75) is 348 Å². The number of carbonyl (C=O) groups is 2. The molecule has 10 heteroatoms. The molecule has 0 aromatic rings. The zero-order valence-corrected chi connectivity index (χ0v) is 54.7. The number of phosphoric acid groups is 1.